The lowest BCUT2D eigenvalue weighted by Crippen LogP contribution is -2.45. The Kier molecular flexibility index (Phi) is 80.8. The highest BCUT2D eigenvalue weighted by Gasteiger charge is 2.20. The Hall–Kier alpha value is -1.40. The minimum atomic E-state index is -0.663. The topological polar surface area (TPSA) is 95.9 Å². The van der Waals surface area contributed by atoms with Crippen LogP contribution in [0.15, 0.2) is 12.2 Å². The largest absolute Gasteiger partial charge is 0.466 e. The summed E-state index contributed by atoms with van der Waals surface area (Å²) in [6, 6.07) is -0.540. The molecule has 6 heteroatoms. The van der Waals surface area contributed by atoms with Gasteiger partial charge in [0.15, 0.2) is 0 Å². The number of amides is 1. The van der Waals surface area contributed by atoms with Crippen LogP contribution in [0.3, 0.4) is 0 Å². The molecule has 548 valence electrons. The average molecular weight is 1300 g/mol. The number of nitrogens with one attached hydrogen (secondary N) is 1. The van der Waals surface area contributed by atoms with Gasteiger partial charge in [0.2, 0.25) is 5.91 Å². The Bertz CT molecular complexity index is 1400. The van der Waals surface area contributed by atoms with Gasteiger partial charge in [-0.15, -0.1) is 0 Å². The predicted molar refractivity (Wildman–Crippen MR) is 407 cm³/mol. The molecule has 0 aromatic rings. The summed E-state index contributed by atoms with van der Waals surface area (Å²) in [6.45, 7) is 5.02. The molecule has 0 radical (unpaired) electrons. The normalized spacial score (nSPS) is 12.4. The van der Waals surface area contributed by atoms with Crippen LogP contribution in [0.25, 0.3) is 0 Å². The zero-order valence-corrected chi connectivity index (χ0v) is 63.1. The van der Waals surface area contributed by atoms with Crippen LogP contribution in [0.2, 0.25) is 0 Å². The lowest BCUT2D eigenvalue weighted by atomic mass is 10.0. The number of ether oxygens (including phenoxy) is 1. The summed E-state index contributed by atoms with van der Waals surface area (Å²) in [4.78, 5) is 24.7. The molecule has 2 unspecified atom stereocenters. The summed E-state index contributed by atoms with van der Waals surface area (Å²) in [7, 11) is 0. The predicted octanol–water partition coefficient (Wildman–Crippen LogP) is 28.6. The SMILES string of the molecule is CCCCCCCCCCCCCCCCCCCCCCCCCCCC(O)C(CO)NC(=O)CCCCCCCCCCCCCCCCCCC/C=C\CCCCCCCCCCCCCCCCOC(=O)CCCCCCCCCCCCCCCCC. The molecular weight excluding hydrogens is 1130 g/mol. The van der Waals surface area contributed by atoms with E-state index in [0.29, 0.717) is 25.9 Å². The third-order valence-corrected chi connectivity index (χ3v) is 20.6. The maximum Gasteiger partial charge on any atom is 0.305 e. The number of carbonyl (C=O) groups is 2. The number of hydrogen-bond donors (Lipinski definition) is 3. The average Bonchev–Trinajstić information content (AvgIpc) is 3.59. The fraction of sp³-hybridized carbons (Fsp3) is 0.953. The third kappa shape index (κ3) is 77.6. The molecule has 0 rings (SSSR count). The molecule has 0 aliphatic heterocycles. The first kappa shape index (κ1) is 90.6. The van der Waals surface area contributed by atoms with Crippen LogP contribution >= 0.6 is 0 Å². The highest BCUT2D eigenvalue weighted by atomic mass is 16.5. The molecule has 6 nitrogen and oxygen atoms in total. The molecule has 0 saturated heterocycles. The molecular formula is C86H169NO5. The van der Waals surface area contributed by atoms with Gasteiger partial charge in [-0.1, -0.05) is 450 Å². The summed E-state index contributed by atoms with van der Waals surface area (Å²) in [5, 5.41) is 23.5. The van der Waals surface area contributed by atoms with Gasteiger partial charge in [0.1, 0.15) is 0 Å². The van der Waals surface area contributed by atoms with Crippen molar-refractivity contribution in [3.8, 4) is 0 Å². The van der Waals surface area contributed by atoms with E-state index in [-0.39, 0.29) is 18.5 Å². The fourth-order valence-electron chi connectivity index (χ4n) is 14.1. The van der Waals surface area contributed by atoms with E-state index in [9.17, 15) is 19.8 Å². The summed E-state index contributed by atoms with van der Waals surface area (Å²) in [5.41, 5.74) is 0. The molecule has 0 aromatic heterocycles. The zero-order chi connectivity index (χ0) is 66.3. The van der Waals surface area contributed by atoms with E-state index in [2.05, 4.69) is 31.3 Å². The van der Waals surface area contributed by atoms with E-state index in [4.69, 9.17) is 4.74 Å². The summed E-state index contributed by atoms with van der Waals surface area (Å²) in [6.07, 6.45) is 105. The van der Waals surface area contributed by atoms with Gasteiger partial charge in [-0.3, -0.25) is 9.59 Å². The van der Waals surface area contributed by atoms with Crippen molar-refractivity contribution in [2.45, 2.75) is 514 Å². The smallest absolute Gasteiger partial charge is 0.305 e. The van der Waals surface area contributed by atoms with Crippen LogP contribution in [0, 0.1) is 0 Å². The van der Waals surface area contributed by atoms with E-state index in [1.165, 1.54) is 430 Å². The minimum Gasteiger partial charge on any atom is -0.466 e. The first-order chi connectivity index (χ1) is 45.5. The molecule has 2 atom stereocenters. The highest BCUT2D eigenvalue weighted by molar-refractivity contribution is 5.76. The quantitative estimate of drug-likeness (QED) is 0.0320. The van der Waals surface area contributed by atoms with Crippen LogP contribution in [0.5, 0.6) is 0 Å². The van der Waals surface area contributed by atoms with Crippen molar-refractivity contribution < 1.29 is 24.5 Å². The molecule has 0 fully saturated rings. The van der Waals surface area contributed by atoms with Crippen molar-refractivity contribution in [2.24, 2.45) is 0 Å². The molecule has 92 heavy (non-hydrogen) atoms. The summed E-state index contributed by atoms with van der Waals surface area (Å²) < 4.78 is 5.51. The standard InChI is InChI=1S/C86H169NO5/c1-3-5-7-9-11-13-15-17-19-20-21-22-23-35-38-41-44-47-51-54-58-62-66-70-74-78-84(89)83(82-88)87-85(90)79-75-71-67-63-59-55-52-48-45-42-39-36-33-31-29-27-25-24-26-28-30-32-34-37-40-43-46-49-53-57-61-65-69-73-77-81-92-86(91)80-76-72-68-64-60-56-50-18-16-14-12-10-8-6-4-2/h26,28,83-84,88-89H,3-25,27,29-82H2,1-2H3,(H,87,90)/b28-26-. The lowest BCUT2D eigenvalue weighted by molar-refractivity contribution is -0.143. The van der Waals surface area contributed by atoms with Crippen LogP contribution in [0.1, 0.15) is 502 Å². The van der Waals surface area contributed by atoms with Gasteiger partial charge in [0, 0.05) is 12.8 Å². The number of rotatable bonds is 82. The van der Waals surface area contributed by atoms with Gasteiger partial charge in [0.05, 0.1) is 25.4 Å². The van der Waals surface area contributed by atoms with E-state index >= 15 is 0 Å². The van der Waals surface area contributed by atoms with Crippen LogP contribution in [-0.4, -0.2) is 47.4 Å². The Balaban J connectivity index is 3.33. The van der Waals surface area contributed by atoms with E-state index in [1.807, 2.05) is 0 Å². The number of hydrogen-bond acceptors (Lipinski definition) is 5. The Morgan fingerprint density at radius 2 is 0.511 bits per heavy atom. The number of carbonyl (C=O) groups excluding carboxylic acids is 2. The van der Waals surface area contributed by atoms with Crippen molar-refractivity contribution in [3.63, 3.8) is 0 Å². The molecule has 0 aliphatic carbocycles. The highest BCUT2D eigenvalue weighted by Crippen LogP contribution is 2.21. The van der Waals surface area contributed by atoms with Gasteiger partial charge in [-0.25, -0.2) is 0 Å². The Labute approximate surface area is 578 Å². The maximum absolute atomic E-state index is 12.6. The molecule has 0 spiro atoms. The van der Waals surface area contributed by atoms with Gasteiger partial charge in [-0.2, -0.15) is 0 Å². The van der Waals surface area contributed by atoms with Gasteiger partial charge in [-0.05, 0) is 51.4 Å². The van der Waals surface area contributed by atoms with Crippen molar-refractivity contribution in [1.82, 2.24) is 5.32 Å². The van der Waals surface area contributed by atoms with Crippen molar-refractivity contribution in [2.75, 3.05) is 13.2 Å². The second kappa shape index (κ2) is 82.0. The van der Waals surface area contributed by atoms with Crippen molar-refractivity contribution >= 4 is 11.9 Å². The summed E-state index contributed by atoms with van der Waals surface area (Å²) in [5.74, 6) is -0.0000387. The Morgan fingerprint density at radius 1 is 0.293 bits per heavy atom. The van der Waals surface area contributed by atoms with Crippen molar-refractivity contribution in [1.29, 1.82) is 0 Å². The number of unbranched alkanes of at least 4 members (excludes halogenated alkanes) is 69. The number of aliphatic hydroxyl groups excluding tert-OH is 2. The number of allylic oxidation sites excluding steroid dienone is 2. The van der Waals surface area contributed by atoms with Crippen LogP contribution in [0.4, 0.5) is 0 Å². The van der Waals surface area contributed by atoms with Gasteiger partial charge < -0.3 is 20.3 Å². The van der Waals surface area contributed by atoms with Crippen LogP contribution < -0.4 is 5.32 Å². The monoisotopic (exact) mass is 1300 g/mol. The zero-order valence-electron chi connectivity index (χ0n) is 63.1. The van der Waals surface area contributed by atoms with Gasteiger partial charge >= 0.3 is 5.97 Å². The second-order valence-electron chi connectivity index (χ2n) is 29.9. The minimum absolute atomic E-state index is 0.0246. The van der Waals surface area contributed by atoms with Crippen molar-refractivity contribution in [3.05, 3.63) is 12.2 Å². The third-order valence-electron chi connectivity index (χ3n) is 20.6. The Morgan fingerprint density at radius 3 is 0.772 bits per heavy atom. The van der Waals surface area contributed by atoms with Gasteiger partial charge in [0.25, 0.3) is 0 Å². The van der Waals surface area contributed by atoms with E-state index in [0.717, 1.165) is 38.5 Å². The van der Waals surface area contributed by atoms with E-state index < -0.39 is 12.1 Å². The molecule has 0 saturated carbocycles. The number of aliphatic hydroxyl groups is 2. The molecule has 0 bridgehead atoms. The summed E-state index contributed by atoms with van der Waals surface area (Å²) >= 11 is 0. The fourth-order valence-corrected chi connectivity index (χ4v) is 14.1. The maximum atomic E-state index is 12.6. The first-order valence-corrected chi connectivity index (χ1v) is 42.9. The molecule has 0 heterocycles. The lowest BCUT2D eigenvalue weighted by Gasteiger charge is -2.22. The van der Waals surface area contributed by atoms with Crippen LogP contribution in [-0.2, 0) is 14.3 Å². The molecule has 0 aliphatic rings. The van der Waals surface area contributed by atoms with E-state index in [1.54, 1.807) is 0 Å². The number of esters is 1. The molecule has 0 aromatic carbocycles. The molecule has 1 amide bonds. The first-order valence-electron chi connectivity index (χ1n) is 42.9. The molecule has 3 N–H and O–H groups in total. The second-order valence-corrected chi connectivity index (χ2v) is 29.9.